The van der Waals surface area contributed by atoms with Crippen LogP contribution in [0, 0.1) is 16.0 Å². The Kier molecular flexibility index (Phi) is 5.57. The van der Waals surface area contributed by atoms with E-state index in [1.54, 1.807) is 23.1 Å². The highest BCUT2D eigenvalue weighted by Crippen LogP contribution is 2.28. The smallest absolute Gasteiger partial charge is 0.289 e. The van der Waals surface area contributed by atoms with Crippen LogP contribution in [0.4, 0.5) is 17.2 Å². The van der Waals surface area contributed by atoms with Crippen molar-refractivity contribution in [1.82, 2.24) is 19.7 Å². The first-order valence-corrected chi connectivity index (χ1v) is 9.71. The molecule has 0 radical (unpaired) electrons. The van der Waals surface area contributed by atoms with Crippen molar-refractivity contribution < 1.29 is 9.72 Å². The van der Waals surface area contributed by atoms with E-state index >= 15 is 0 Å². The number of carbonyl (C=O) groups excluding carboxylic acids is 1. The summed E-state index contributed by atoms with van der Waals surface area (Å²) in [6.07, 6.45) is 6.48. The van der Waals surface area contributed by atoms with E-state index in [0.717, 1.165) is 25.2 Å². The van der Waals surface area contributed by atoms with Gasteiger partial charge in [0.25, 0.3) is 5.69 Å². The van der Waals surface area contributed by atoms with Gasteiger partial charge in [-0.2, -0.15) is 5.10 Å². The molecule has 154 valence electrons. The van der Waals surface area contributed by atoms with Crippen molar-refractivity contribution in [2.75, 3.05) is 23.3 Å². The number of hydrogen-bond acceptors (Lipinski definition) is 7. The maximum Gasteiger partial charge on any atom is 0.289 e. The fourth-order valence-corrected chi connectivity index (χ4v) is 3.60. The molecule has 1 N–H and O–H groups in total. The Morgan fingerprint density at radius 2 is 2.10 bits per heavy atom. The van der Waals surface area contributed by atoms with Crippen LogP contribution >= 0.6 is 11.6 Å². The van der Waals surface area contributed by atoms with Gasteiger partial charge in [0.2, 0.25) is 5.91 Å². The molecule has 0 aliphatic carbocycles. The lowest BCUT2D eigenvalue weighted by Gasteiger charge is -2.32. The predicted molar refractivity (Wildman–Crippen MR) is 111 cm³/mol. The number of halogens is 1. The molecule has 1 unspecified atom stereocenters. The molecule has 11 heteroatoms. The summed E-state index contributed by atoms with van der Waals surface area (Å²) in [6.45, 7) is 1.25. The first kappa shape index (κ1) is 19.8. The molecule has 0 bridgehead atoms. The number of piperidine rings is 1. The van der Waals surface area contributed by atoms with Gasteiger partial charge < -0.3 is 10.2 Å². The largest absolute Gasteiger partial charge is 0.356 e. The Labute approximate surface area is 176 Å². The van der Waals surface area contributed by atoms with E-state index in [4.69, 9.17) is 11.6 Å². The van der Waals surface area contributed by atoms with E-state index < -0.39 is 4.92 Å². The highest BCUT2D eigenvalue weighted by molar-refractivity contribution is 6.32. The number of nitro groups is 1. The van der Waals surface area contributed by atoms with Crippen LogP contribution in [-0.2, 0) is 4.79 Å². The highest BCUT2D eigenvalue weighted by atomic mass is 35.5. The highest BCUT2D eigenvalue weighted by Gasteiger charge is 2.27. The van der Waals surface area contributed by atoms with Gasteiger partial charge in [-0.05, 0) is 31.0 Å². The second kappa shape index (κ2) is 8.46. The van der Waals surface area contributed by atoms with Crippen molar-refractivity contribution in [3.8, 4) is 5.82 Å². The molecule has 1 aliphatic rings. The van der Waals surface area contributed by atoms with Crippen molar-refractivity contribution >= 4 is 34.7 Å². The standard InChI is InChI=1S/C19H18ClN7O3/c20-15-5-4-14(9-16(15)27(29)30)24-19(28)13-3-1-7-25(11-13)17-10-18(22-12-21-17)26-8-2-6-23-26/h2,4-6,8-10,12-13H,1,3,7,11H2,(H,24,28). The van der Waals surface area contributed by atoms with Gasteiger partial charge in [0, 0.05) is 43.3 Å². The van der Waals surface area contributed by atoms with Gasteiger partial charge in [0.15, 0.2) is 5.82 Å². The number of amides is 1. The van der Waals surface area contributed by atoms with Gasteiger partial charge in [-0.25, -0.2) is 14.6 Å². The summed E-state index contributed by atoms with van der Waals surface area (Å²) >= 11 is 5.83. The fourth-order valence-electron chi connectivity index (χ4n) is 3.41. The van der Waals surface area contributed by atoms with E-state index in [1.165, 1.54) is 18.5 Å². The number of hydrogen-bond donors (Lipinski definition) is 1. The summed E-state index contributed by atoms with van der Waals surface area (Å²) in [7, 11) is 0. The van der Waals surface area contributed by atoms with E-state index in [-0.39, 0.29) is 22.5 Å². The van der Waals surface area contributed by atoms with E-state index in [0.29, 0.717) is 18.1 Å². The molecule has 2 aromatic heterocycles. The molecule has 0 spiro atoms. The van der Waals surface area contributed by atoms with Crippen LogP contribution in [0.25, 0.3) is 5.82 Å². The molecule has 1 amide bonds. The number of carbonyl (C=O) groups is 1. The summed E-state index contributed by atoms with van der Waals surface area (Å²) in [6, 6.07) is 7.86. The first-order valence-electron chi connectivity index (χ1n) is 9.33. The topological polar surface area (TPSA) is 119 Å². The Hall–Kier alpha value is -3.53. The number of nitrogens with zero attached hydrogens (tertiary/aromatic N) is 6. The molecule has 10 nitrogen and oxygen atoms in total. The number of benzene rings is 1. The summed E-state index contributed by atoms with van der Waals surface area (Å²) in [4.78, 5) is 33.9. The molecular formula is C19H18ClN7O3. The van der Waals surface area contributed by atoms with Gasteiger partial charge in [-0.1, -0.05) is 11.6 Å². The van der Waals surface area contributed by atoms with Gasteiger partial charge >= 0.3 is 0 Å². The van der Waals surface area contributed by atoms with Gasteiger partial charge in [0.05, 0.1) is 10.8 Å². The normalized spacial score (nSPS) is 16.3. The number of nitrogens with one attached hydrogen (secondary N) is 1. The van der Waals surface area contributed by atoms with Crippen LogP contribution < -0.4 is 10.2 Å². The molecule has 3 aromatic rings. The number of nitro benzene ring substituents is 1. The third-order valence-electron chi connectivity index (χ3n) is 4.90. The predicted octanol–water partition coefficient (Wildman–Crippen LogP) is 3.08. The third kappa shape index (κ3) is 4.23. The minimum Gasteiger partial charge on any atom is -0.356 e. The van der Waals surface area contributed by atoms with Gasteiger partial charge in [0.1, 0.15) is 17.2 Å². The lowest BCUT2D eigenvalue weighted by Crippen LogP contribution is -2.41. The fraction of sp³-hybridized carbons (Fsp3) is 0.263. The Bertz CT molecular complexity index is 1070. The van der Waals surface area contributed by atoms with Crippen molar-refractivity contribution in [3.63, 3.8) is 0 Å². The Morgan fingerprint density at radius 3 is 2.87 bits per heavy atom. The van der Waals surface area contributed by atoms with Crippen LogP contribution in [0.3, 0.4) is 0 Å². The average Bonchev–Trinajstić information content (AvgIpc) is 3.30. The molecule has 30 heavy (non-hydrogen) atoms. The third-order valence-corrected chi connectivity index (χ3v) is 5.22. The molecule has 0 saturated carbocycles. The number of anilines is 2. The van der Waals surface area contributed by atoms with E-state index in [9.17, 15) is 14.9 Å². The zero-order valence-corrected chi connectivity index (χ0v) is 16.6. The Morgan fingerprint density at radius 1 is 1.27 bits per heavy atom. The van der Waals surface area contributed by atoms with Crippen molar-refractivity contribution in [3.05, 3.63) is 64.2 Å². The molecule has 1 saturated heterocycles. The van der Waals surface area contributed by atoms with E-state index in [1.807, 2.05) is 17.0 Å². The minimum atomic E-state index is -0.577. The second-order valence-electron chi connectivity index (χ2n) is 6.88. The van der Waals surface area contributed by atoms with Crippen LogP contribution in [0.5, 0.6) is 0 Å². The quantitative estimate of drug-likeness (QED) is 0.490. The summed E-state index contributed by atoms with van der Waals surface area (Å²) in [5.41, 5.74) is 0.100. The van der Waals surface area contributed by atoms with Crippen LogP contribution in [0.1, 0.15) is 12.8 Å². The lowest BCUT2D eigenvalue weighted by molar-refractivity contribution is -0.384. The first-order chi connectivity index (χ1) is 14.5. The zero-order chi connectivity index (χ0) is 21.1. The monoisotopic (exact) mass is 427 g/mol. The summed E-state index contributed by atoms with van der Waals surface area (Å²) in [5.74, 6) is 0.884. The average molecular weight is 428 g/mol. The zero-order valence-electron chi connectivity index (χ0n) is 15.8. The second-order valence-corrected chi connectivity index (χ2v) is 7.29. The molecular weight excluding hydrogens is 410 g/mol. The molecule has 1 aromatic carbocycles. The van der Waals surface area contributed by atoms with Crippen molar-refractivity contribution in [2.45, 2.75) is 12.8 Å². The van der Waals surface area contributed by atoms with Crippen LogP contribution in [0.15, 0.2) is 49.1 Å². The molecule has 1 aliphatic heterocycles. The number of aromatic nitrogens is 4. The minimum absolute atomic E-state index is 0.0265. The number of rotatable bonds is 5. The maximum atomic E-state index is 12.8. The Balaban J connectivity index is 1.46. The molecule has 3 heterocycles. The van der Waals surface area contributed by atoms with Gasteiger partial charge in [-0.3, -0.25) is 14.9 Å². The summed E-state index contributed by atoms with van der Waals surface area (Å²) < 4.78 is 1.65. The van der Waals surface area contributed by atoms with Crippen LogP contribution in [0.2, 0.25) is 5.02 Å². The SMILES string of the molecule is O=C(Nc1ccc(Cl)c([N+](=O)[O-])c1)C1CCCN(c2cc(-n3cccn3)ncn2)C1. The van der Waals surface area contributed by atoms with E-state index in [2.05, 4.69) is 20.4 Å². The lowest BCUT2D eigenvalue weighted by atomic mass is 9.97. The maximum absolute atomic E-state index is 12.8. The van der Waals surface area contributed by atoms with Crippen LogP contribution in [-0.4, -0.2) is 43.7 Å². The van der Waals surface area contributed by atoms with Crippen molar-refractivity contribution in [1.29, 1.82) is 0 Å². The molecule has 4 rings (SSSR count). The molecule has 1 atom stereocenters. The van der Waals surface area contributed by atoms with Gasteiger partial charge in [-0.15, -0.1) is 0 Å². The van der Waals surface area contributed by atoms with Crippen molar-refractivity contribution in [2.24, 2.45) is 5.92 Å². The molecule has 1 fully saturated rings. The summed E-state index contributed by atoms with van der Waals surface area (Å²) in [5, 5.41) is 18.0.